The summed E-state index contributed by atoms with van der Waals surface area (Å²) in [7, 11) is 1.50. The number of ketones is 1. The number of hydrogen-bond acceptors (Lipinski definition) is 4. The van der Waals surface area contributed by atoms with E-state index in [-0.39, 0.29) is 17.3 Å². The predicted octanol–water partition coefficient (Wildman–Crippen LogP) is 4.87. The van der Waals surface area contributed by atoms with Crippen molar-refractivity contribution in [3.63, 3.8) is 0 Å². The average molecular weight is 340 g/mol. The molecule has 4 heteroatoms. The Kier molecular flexibility index (Phi) is 7.47. The number of aliphatic hydroxyl groups is 1. The van der Waals surface area contributed by atoms with Gasteiger partial charge in [0.15, 0.2) is 5.78 Å². The standard InChI is InChI=1S/C21H24O4/c1-5-21(2,3)18(20(24)14-15-25-4)8-6-7-9-19(23)16-10-12-17(22)13-11-16/h5-15,22,24H,1H2,2-4H3/b8-6+,9-7+,15-14+,20-18-. The molecular formula is C21H24O4. The van der Waals surface area contributed by atoms with Crippen LogP contribution in [0.15, 0.2) is 84.9 Å². The molecule has 0 unspecified atom stereocenters. The summed E-state index contributed by atoms with van der Waals surface area (Å²) in [6.07, 6.45) is 11.0. The normalized spacial score (nSPS) is 13.4. The van der Waals surface area contributed by atoms with Gasteiger partial charge in [0.25, 0.3) is 0 Å². The summed E-state index contributed by atoms with van der Waals surface area (Å²) in [5.74, 6) is -0.00984. The average Bonchev–Trinajstić information content (AvgIpc) is 2.59. The van der Waals surface area contributed by atoms with Gasteiger partial charge in [0, 0.05) is 22.6 Å². The first kappa shape index (κ1) is 20.0. The first-order valence-corrected chi connectivity index (χ1v) is 7.76. The van der Waals surface area contributed by atoms with E-state index >= 15 is 0 Å². The van der Waals surface area contributed by atoms with Gasteiger partial charge < -0.3 is 14.9 Å². The Balaban J connectivity index is 2.97. The molecule has 0 aliphatic heterocycles. The van der Waals surface area contributed by atoms with Gasteiger partial charge in [0.2, 0.25) is 0 Å². The fraction of sp³-hybridized carbons (Fsp3) is 0.190. The van der Waals surface area contributed by atoms with E-state index in [1.54, 1.807) is 36.4 Å². The highest BCUT2D eigenvalue weighted by molar-refractivity contribution is 6.04. The van der Waals surface area contributed by atoms with Crippen LogP contribution in [0, 0.1) is 5.41 Å². The Morgan fingerprint density at radius 2 is 1.72 bits per heavy atom. The van der Waals surface area contributed by atoms with Gasteiger partial charge in [-0.3, -0.25) is 4.79 Å². The molecule has 0 atom stereocenters. The number of aliphatic hydroxyl groups excluding tert-OH is 1. The second-order valence-electron chi connectivity index (χ2n) is 5.89. The lowest BCUT2D eigenvalue weighted by Gasteiger charge is -2.22. The quantitative estimate of drug-likeness (QED) is 0.233. The van der Waals surface area contributed by atoms with Crippen molar-refractivity contribution in [1.82, 2.24) is 0 Å². The number of benzene rings is 1. The topological polar surface area (TPSA) is 66.8 Å². The van der Waals surface area contributed by atoms with E-state index in [4.69, 9.17) is 4.74 Å². The van der Waals surface area contributed by atoms with Gasteiger partial charge >= 0.3 is 0 Å². The van der Waals surface area contributed by atoms with E-state index in [1.807, 2.05) is 13.8 Å². The maximum Gasteiger partial charge on any atom is 0.185 e. The Morgan fingerprint density at radius 1 is 1.12 bits per heavy atom. The summed E-state index contributed by atoms with van der Waals surface area (Å²) >= 11 is 0. The first-order valence-electron chi connectivity index (χ1n) is 7.76. The molecule has 0 aliphatic carbocycles. The number of aromatic hydroxyl groups is 1. The van der Waals surface area contributed by atoms with Crippen molar-refractivity contribution >= 4 is 5.78 Å². The van der Waals surface area contributed by atoms with Gasteiger partial charge in [-0.1, -0.05) is 38.2 Å². The largest absolute Gasteiger partial charge is 0.508 e. The Labute approximate surface area is 148 Å². The second-order valence-corrected chi connectivity index (χ2v) is 5.89. The summed E-state index contributed by atoms with van der Waals surface area (Å²) in [5, 5.41) is 19.5. The molecule has 0 aliphatic rings. The molecule has 0 saturated heterocycles. The van der Waals surface area contributed by atoms with Crippen molar-refractivity contribution in [2.75, 3.05) is 7.11 Å². The zero-order valence-corrected chi connectivity index (χ0v) is 14.8. The van der Waals surface area contributed by atoms with Crippen LogP contribution in [-0.4, -0.2) is 23.1 Å². The molecule has 0 aromatic heterocycles. The minimum atomic E-state index is -0.465. The molecule has 0 bridgehead atoms. The highest BCUT2D eigenvalue weighted by Gasteiger charge is 2.20. The van der Waals surface area contributed by atoms with E-state index in [2.05, 4.69) is 6.58 Å². The molecule has 25 heavy (non-hydrogen) atoms. The van der Waals surface area contributed by atoms with Crippen LogP contribution in [0.25, 0.3) is 0 Å². The molecule has 1 aromatic rings. The minimum absolute atomic E-state index is 0.0567. The number of phenols is 1. The molecule has 132 valence electrons. The van der Waals surface area contributed by atoms with Crippen molar-refractivity contribution in [3.05, 3.63) is 90.5 Å². The number of carbonyl (C=O) groups is 1. The SMILES string of the molecule is C=CC(C)(C)C(/C=C/C=C/C(=O)c1ccc(O)cc1)=C(O)/C=C/OC. The number of methoxy groups -OCH3 is 1. The summed E-state index contributed by atoms with van der Waals surface area (Å²) in [4.78, 5) is 12.0. The lowest BCUT2D eigenvalue weighted by Crippen LogP contribution is -2.11. The molecule has 0 radical (unpaired) electrons. The van der Waals surface area contributed by atoms with Crippen LogP contribution in [0.4, 0.5) is 0 Å². The monoisotopic (exact) mass is 340 g/mol. The van der Waals surface area contributed by atoms with Gasteiger partial charge in [-0.15, -0.1) is 6.58 Å². The Bertz CT molecular complexity index is 717. The van der Waals surface area contributed by atoms with Gasteiger partial charge in [0.05, 0.1) is 13.4 Å². The van der Waals surface area contributed by atoms with Crippen molar-refractivity contribution in [2.45, 2.75) is 13.8 Å². The van der Waals surface area contributed by atoms with Gasteiger partial charge in [0.1, 0.15) is 11.5 Å². The summed E-state index contributed by atoms with van der Waals surface area (Å²) < 4.78 is 4.82. The van der Waals surface area contributed by atoms with E-state index in [1.165, 1.54) is 37.7 Å². The van der Waals surface area contributed by atoms with Crippen LogP contribution >= 0.6 is 0 Å². The van der Waals surface area contributed by atoms with Crippen molar-refractivity contribution in [1.29, 1.82) is 0 Å². The lowest BCUT2D eigenvalue weighted by molar-refractivity contribution is 0.104. The maximum atomic E-state index is 12.0. The number of carbonyl (C=O) groups excluding carboxylic acids is 1. The Morgan fingerprint density at radius 3 is 2.28 bits per heavy atom. The molecule has 0 amide bonds. The van der Waals surface area contributed by atoms with Crippen molar-refractivity contribution in [3.8, 4) is 5.75 Å². The summed E-state index contributed by atoms with van der Waals surface area (Å²) in [6, 6.07) is 6.04. The van der Waals surface area contributed by atoms with Crippen LogP contribution in [0.5, 0.6) is 5.75 Å². The minimum Gasteiger partial charge on any atom is -0.508 e. The molecule has 0 heterocycles. The van der Waals surface area contributed by atoms with Gasteiger partial charge in [-0.2, -0.15) is 0 Å². The molecule has 0 saturated carbocycles. The van der Waals surface area contributed by atoms with Crippen LogP contribution in [0.2, 0.25) is 0 Å². The fourth-order valence-corrected chi connectivity index (χ4v) is 1.98. The van der Waals surface area contributed by atoms with E-state index in [0.29, 0.717) is 11.1 Å². The van der Waals surface area contributed by atoms with Crippen molar-refractivity contribution in [2.24, 2.45) is 5.41 Å². The van der Waals surface area contributed by atoms with E-state index < -0.39 is 5.41 Å². The third kappa shape index (κ3) is 6.18. The van der Waals surface area contributed by atoms with Crippen molar-refractivity contribution < 1.29 is 19.7 Å². The predicted molar refractivity (Wildman–Crippen MR) is 100 cm³/mol. The molecule has 1 rings (SSSR count). The molecule has 2 N–H and O–H groups in total. The molecule has 1 aromatic carbocycles. The third-order valence-electron chi connectivity index (χ3n) is 3.62. The summed E-state index contributed by atoms with van der Waals surface area (Å²) in [5.41, 5.74) is 0.654. The zero-order valence-electron chi connectivity index (χ0n) is 14.8. The van der Waals surface area contributed by atoms with Crippen LogP contribution in [0.1, 0.15) is 24.2 Å². The lowest BCUT2D eigenvalue weighted by atomic mass is 9.83. The Hall–Kier alpha value is -3.01. The number of hydrogen-bond donors (Lipinski definition) is 2. The number of rotatable bonds is 8. The second kappa shape index (κ2) is 9.33. The van der Waals surface area contributed by atoms with Gasteiger partial charge in [-0.05, 0) is 30.3 Å². The zero-order chi connectivity index (χ0) is 18.9. The van der Waals surface area contributed by atoms with E-state index in [0.717, 1.165) is 0 Å². The highest BCUT2D eigenvalue weighted by Crippen LogP contribution is 2.30. The van der Waals surface area contributed by atoms with Gasteiger partial charge in [-0.25, -0.2) is 0 Å². The highest BCUT2D eigenvalue weighted by atomic mass is 16.5. The third-order valence-corrected chi connectivity index (χ3v) is 3.62. The smallest absolute Gasteiger partial charge is 0.185 e. The van der Waals surface area contributed by atoms with Crippen LogP contribution in [0.3, 0.4) is 0 Å². The first-order chi connectivity index (χ1) is 11.8. The molecule has 0 spiro atoms. The number of allylic oxidation sites excluding steroid dienone is 7. The van der Waals surface area contributed by atoms with E-state index in [9.17, 15) is 15.0 Å². The fourth-order valence-electron chi connectivity index (χ4n) is 1.98. The molecular weight excluding hydrogens is 316 g/mol. The number of phenolic OH excluding ortho intramolecular Hbond substituents is 1. The number of ether oxygens (including phenoxy) is 1. The summed E-state index contributed by atoms with van der Waals surface area (Å²) in [6.45, 7) is 7.63. The van der Waals surface area contributed by atoms with Crippen LogP contribution < -0.4 is 0 Å². The molecule has 0 fully saturated rings. The maximum absolute atomic E-state index is 12.0. The molecule has 4 nitrogen and oxygen atoms in total. The van der Waals surface area contributed by atoms with Crippen LogP contribution in [-0.2, 0) is 4.74 Å².